The first kappa shape index (κ1) is 14.0. The summed E-state index contributed by atoms with van der Waals surface area (Å²) in [6.07, 6.45) is 2.56. The van der Waals surface area contributed by atoms with Crippen LogP contribution in [0.3, 0.4) is 0 Å². The van der Waals surface area contributed by atoms with Crippen molar-refractivity contribution in [3.8, 4) is 0 Å². The molecule has 1 aliphatic rings. The fourth-order valence-corrected chi connectivity index (χ4v) is 3.08. The molecular weight excluding hydrogens is 274 g/mol. The molecule has 0 atom stereocenters. The van der Waals surface area contributed by atoms with Crippen molar-refractivity contribution in [1.82, 2.24) is 14.9 Å². The van der Waals surface area contributed by atoms with Crippen molar-refractivity contribution in [1.29, 1.82) is 0 Å². The second-order valence-electron chi connectivity index (χ2n) is 4.33. The molecule has 0 radical (unpaired) electrons. The summed E-state index contributed by atoms with van der Waals surface area (Å²) < 4.78 is 31.6. The van der Waals surface area contributed by atoms with E-state index in [-0.39, 0.29) is 18.0 Å². The fraction of sp³-hybridized carbons (Fsp3) is 0.600. The van der Waals surface area contributed by atoms with E-state index in [9.17, 15) is 13.2 Å². The Morgan fingerprint density at radius 1 is 1.53 bits per heavy atom. The topological polar surface area (TPSA) is 121 Å². The van der Waals surface area contributed by atoms with Crippen molar-refractivity contribution in [2.24, 2.45) is 5.92 Å². The number of ether oxygens (including phenoxy) is 1. The number of aromatic nitrogens is 2. The lowest BCUT2D eigenvalue weighted by atomic mass is 10.0. The molecule has 0 aliphatic carbocycles. The van der Waals surface area contributed by atoms with Gasteiger partial charge in [0.05, 0.1) is 6.20 Å². The van der Waals surface area contributed by atoms with E-state index < -0.39 is 21.0 Å². The highest BCUT2D eigenvalue weighted by Gasteiger charge is 2.25. The third-order valence-corrected chi connectivity index (χ3v) is 4.40. The molecule has 2 heterocycles. The van der Waals surface area contributed by atoms with E-state index in [2.05, 4.69) is 14.9 Å². The zero-order valence-electron chi connectivity index (χ0n) is 10.1. The van der Waals surface area contributed by atoms with Gasteiger partial charge in [0.25, 0.3) is 10.0 Å². The molecule has 8 nitrogen and oxygen atoms in total. The molecule has 1 aromatic rings. The lowest BCUT2D eigenvalue weighted by Crippen LogP contribution is -2.33. The lowest BCUT2D eigenvalue weighted by Gasteiger charge is -2.21. The van der Waals surface area contributed by atoms with Crippen molar-refractivity contribution in [3.63, 3.8) is 0 Å². The lowest BCUT2D eigenvalue weighted by molar-refractivity contribution is 0.0678. The number of aromatic carboxylic acids is 1. The number of sulfonamides is 1. The number of carboxylic acids is 1. The number of carboxylic acid groups (broad SMARTS) is 1. The fourth-order valence-electron chi connectivity index (χ4n) is 1.88. The van der Waals surface area contributed by atoms with E-state index in [1.807, 2.05) is 0 Å². The van der Waals surface area contributed by atoms with Gasteiger partial charge in [-0.25, -0.2) is 17.9 Å². The molecule has 0 aromatic carbocycles. The number of nitrogens with zero attached hydrogens (tertiary/aromatic N) is 1. The molecular formula is C10H15N3O5S. The quantitative estimate of drug-likeness (QED) is 0.691. The maximum absolute atomic E-state index is 12.0. The minimum atomic E-state index is -3.88. The van der Waals surface area contributed by atoms with E-state index in [4.69, 9.17) is 9.84 Å². The first-order valence-corrected chi connectivity index (χ1v) is 7.33. The summed E-state index contributed by atoms with van der Waals surface area (Å²) >= 11 is 0. The van der Waals surface area contributed by atoms with Crippen molar-refractivity contribution in [2.45, 2.75) is 17.9 Å². The van der Waals surface area contributed by atoms with Crippen LogP contribution in [0.25, 0.3) is 0 Å². The first-order chi connectivity index (χ1) is 9.00. The summed E-state index contributed by atoms with van der Waals surface area (Å²) in [5, 5.41) is 14.1. The molecule has 3 N–H and O–H groups in total. The second kappa shape index (κ2) is 5.68. The highest BCUT2D eigenvalue weighted by atomic mass is 32.2. The van der Waals surface area contributed by atoms with Crippen LogP contribution in [0.4, 0.5) is 0 Å². The van der Waals surface area contributed by atoms with Gasteiger partial charge in [-0.2, -0.15) is 5.10 Å². The van der Waals surface area contributed by atoms with Crippen LogP contribution in [-0.2, 0) is 14.8 Å². The molecule has 19 heavy (non-hydrogen) atoms. The summed E-state index contributed by atoms with van der Waals surface area (Å²) in [5.74, 6) is -1.13. The van der Waals surface area contributed by atoms with Gasteiger partial charge >= 0.3 is 5.97 Å². The smallest absolute Gasteiger partial charge is 0.340 e. The molecule has 0 bridgehead atoms. The third-order valence-electron chi connectivity index (χ3n) is 3.01. The Balaban J connectivity index is 2.05. The number of carbonyl (C=O) groups is 1. The summed E-state index contributed by atoms with van der Waals surface area (Å²) in [4.78, 5) is 10.9. The second-order valence-corrected chi connectivity index (χ2v) is 6.03. The Hall–Kier alpha value is -1.45. The largest absolute Gasteiger partial charge is 0.478 e. The van der Waals surface area contributed by atoms with Crippen LogP contribution in [0, 0.1) is 5.92 Å². The Labute approximate surface area is 110 Å². The van der Waals surface area contributed by atoms with Crippen LogP contribution in [0.5, 0.6) is 0 Å². The van der Waals surface area contributed by atoms with Gasteiger partial charge in [-0.05, 0) is 18.8 Å². The molecule has 0 unspecified atom stereocenters. The molecule has 2 rings (SSSR count). The van der Waals surface area contributed by atoms with E-state index in [0.717, 1.165) is 19.0 Å². The van der Waals surface area contributed by atoms with Crippen molar-refractivity contribution >= 4 is 16.0 Å². The van der Waals surface area contributed by atoms with Crippen LogP contribution in [0.2, 0.25) is 0 Å². The Kier molecular flexibility index (Phi) is 4.17. The molecule has 0 spiro atoms. The predicted octanol–water partition coefficient (Wildman–Crippen LogP) is -0.187. The molecule has 106 valence electrons. The molecule has 9 heteroatoms. The van der Waals surface area contributed by atoms with E-state index >= 15 is 0 Å². The predicted molar refractivity (Wildman–Crippen MR) is 64.3 cm³/mol. The van der Waals surface area contributed by atoms with Gasteiger partial charge in [0.1, 0.15) is 5.56 Å². The van der Waals surface area contributed by atoms with Gasteiger partial charge in [-0.1, -0.05) is 0 Å². The Bertz CT molecular complexity index is 547. The summed E-state index contributed by atoms with van der Waals surface area (Å²) in [5.41, 5.74) is -0.362. The molecule has 1 aliphatic heterocycles. The van der Waals surface area contributed by atoms with Gasteiger partial charge in [-0.15, -0.1) is 0 Å². The number of hydrogen-bond donors (Lipinski definition) is 3. The highest BCUT2D eigenvalue weighted by Crippen LogP contribution is 2.16. The average molecular weight is 289 g/mol. The molecule has 0 amide bonds. The number of aromatic amines is 1. The van der Waals surface area contributed by atoms with Crippen LogP contribution in [-0.4, -0.2) is 49.4 Å². The molecule has 1 aromatic heterocycles. The minimum absolute atomic E-state index is 0.208. The first-order valence-electron chi connectivity index (χ1n) is 5.85. The summed E-state index contributed by atoms with van der Waals surface area (Å²) in [6.45, 7) is 1.51. The molecule has 0 saturated carbocycles. The third kappa shape index (κ3) is 3.31. The average Bonchev–Trinajstić information content (AvgIpc) is 2.88. The van der Waals surface area contributed by atoms with Crippen molar-refractivity contribution in [3.05, 3.63) is 11.8 Å². The van der Waals surface area contributed by atoms with Gasteiger partial charge in [0.15, 0.2) is 5.03 Å². The van der Waals surface area contributed by atoms with Crippen molar-refractivity contribution in [2.75, 3.05) is 19.8 Å². The van der Waals surface area contributed by atoms with E-state index in [0.29, 0.717) is 13.2 Å². The Morgan fingerprint density at radius 3 is 2.84 bits per heavy atom. The highest BCUT2D eigenvalue weighted by molar-refractivity contribution is 7.89. The standard InChI is InChI=1S/C10H15N3O5S/c14-10(15)8-6-11-13-9(8)19(16,17)12-5-7-1-3-18-4-2-7/h6-7,12H,1-5H2,(H,11,13)(H,14,15). The van der Waals surface area contributed by atoms with Gasteiger partial charge < -0.3 is 9.84 Å². The molecule has 1 saturated heterocycles. The number of nitrogens with one attached hydrogen (secondary N) is 2. The maximum atomic E-state index is 12.0. The number of H-pyrrole nitrogens is 1. The zero-order chi connectivity index (χ0) is 13.9. The van der Waals surface area contributed by atoms with Crippen molar-refractivity contribution < 1.29 is 23.1 Å². The van der Waals surface area contributed by atoms with Gasteiger partial charge in [-0.3, -0.25) is 5.10 Å². The number of hydrogen-bond acceptors (Lipinski definition) is 5. The van der Waals surface area contributed by atoms with Gasteiger partial charge in [0.2, 0.25) is 0 Å². The Morgan fingerprint density at radius 2 is 2.21 bits per heavy atom. The van der Waals surface area contributed by atoms with Crippen LogP contribution >= 0.6 is 0 Å². The monoisotopic (exact) mass is 289 g/mol. The van der Waals surface area contributed by atoms with E-state index in [1.165, 1.54) is 0 Å². The van der Waals surface area contributed by atoms with Crippen LogP contribution in [0.15, 0.2) is 11.2 Å². The summed E-state index contributed by atoms with van der Waals surface area (Å²) in [7, 11) is -3.88. The summed E-state index contributed by atoms with van der Waals surface area (Å²) in [6, 6.07) is 0. The normalized spacial score (nSPS) is 17.5. The maximum Gasteiger partial charge on any atom is 0.340 e. The van der Waals surface area contributed by atoms with Crippen LogP contribution < -0.4 is 4.72 Å². The molecule has 1 fully saturated rings. The van der Waals surface area contributed by atoms with Gasteiger partial charge in [0, 0.05) is 19.8 Å². The van der Waals surface area contributed by atoms with E-state index in [1.54, 1.807) is 0 Å². The minimum Gasteiger partial charge on any atom is -0.478 e. The van der Waals surface area contributed by atoms with Crippen LogP contribution in [0.1, 0.15) is 23.2 Å². The SMILES string of the molecule is O=C(O)c1cn[nH]c1S(=O)(=O)NCC1CCOCC1. The number of rotatable bonds is 5. The zero-order valence-corrected chi connectivity index (χ0v) is 10.9.